The van der Waals surface area contributed by atoms with Gasteiger partial charge in [0.05, 0.1) is 0 Å². The fourth-order valence-corrected chi connectivity index (χ4v) is 2.57. The van der Waals surface area contributed by atoms with Crippen LogP contribution in [0.3, 0.4) is 0 Å². The van der Waals surface area contributed by atoms with Crippen LogP contribution >= 0.6 is 0 Å². The van der Waals surface area contributed by atoms with E-state index in [1.807, 2.05) is 6.92 Å². The van der Waals surface area contributed by atoms with E-state index in [1.165, 1.54) is 0 Å². The lowest BCUT2D eigenvalue weighted by atomic mass is 10.0. The molecule has 1 aliphatic heterocycles. The molecule has 1 fully saturated rings. The summed E-state index contributed by atoms with van der Waals surface area (Å²) < 4.78 is 6.92. The maximum Gasteiger partial charge on any atom is 0.352 e. The number of aromatic nitrogens is 1. The number of ether oxygens (including phenoxy) is 1. The van der Waals surface area contributed by atoms with Gasteiger partial charge in [-0.15, -0.1) is 0 Å². The summed E-state index contributed by atoms with van der Waals surface area (Å²) in [6, 6.07) is 3.50. The van der Waals surface area contributed by atoms with Crippen LogP contribution in [0.5, 0.6) is 0 Å². The predicted molar refractivity (Wildman–Crippen MR) is 72.7 cm³/mol. The fraction of sp³-hybridized carbons (Fsp3) is 0.571. The highest BCUT2D eigenvalue weighted by atomic mass is 16.5. The van der Waals surface area contributed by atoms with Gasteiger partial charge in [0.1, 0.15) is 12.3 Å². The first-order valence-electron chi connectivity index (χ1n) is 6.89. The Balaban J connectivity index is 1.92. The van der Waals surface area contributed by atoms with Gasteiger partial charge in [-0.3, -0.25) is 4.79 Å². The van der Waals surface area contributed by atoms with Gasteiger partial charge < -0.3 is 19.3 Å². The van der Waals surface area contributed by atoms with E-state index in [1.54, 1.807) is 27.8 Å². The van der Waals surface area contributed by atoms with Gasteiger partial charge in [0.15, 0.2) is 0 Å². The second-order valence-electron chi connectivity index (χ2n) is 4.85. The first-order valence-corrected chi connectivity index (χ1v) is 6.89. The summed E-state index contributed by atoms with van der Waals surface area (Å²) >= 11 is 0. The molecule has 0 aliphatic carbocycles. The quantitative estimate of drug-likeness (QED) is 0.884. The number of piperidine rings is 1. The maximum atomic E-state index is 11.8. The van der Waals surface area contributed by atoms with Gasteiger partial charge in [-0.1, -0.05) is 0 Å². The molecule has 0 radical (unpaired) electrons. The van der Waals surface area contributed by atoms with Crippen molar-refractivity contribution in [2.24, 2.45) is 0 Å². The van der Waals surface area contributed by atoms with E-state index in [0.717, 1.165) is 12.8 Å². The minimum absolute atomic E-state index is 0.0104. The van der Waals surface area contributed by atoms with Crippen LogP contribution in [-0.4, -0.2) is 52.8 Å². The summed E-state index contributed by atoms with van der Waals surface area (Å²) in [5.41, 5.74) is 0.309. The van der Waals surface area contributed by atoms with Gasteiger partial charge in [0.25, 0.3) is 0 Å². The number of carbonyl (C=O) groups excluding carboxylic acids is 1. The van der Waals surface area contributed by atoms with Crippen molar-refractivity contribution in [1.29, 1.82) is 0 Å². The summed E-state index contributed by atoms with van der Waals surface area (Å²) in [6.45, 7) is 3.82. The Hall–Kier alpha value is -1.82. The summed E-state index contributed by atoms with van der Waals surface area (Å²) in [7, 11) is 0. The third-order valence-corrected chi connectivity index (χ3v) is 3.64. The summed E-state index contributed by atoms with van der Waals surface area (Å²) in [5.74, 6) is -0.902. The molecule has 2 heterocycles. The van der Waals surface area contributed by atoms with Crippen molar-refractivity contribution >= 4 is 11.9 Å². The maximum absolute atomic E-state index is 11.8. The molecule has 0 unspecified atom stereocenters. The Morgan fingerprint density at radius 2 is 2.10 bits per heavy atom. The van der Waals surface area contributed by atoms with E-state index >= 15 is 0 Å². The molecular weight excluding hydrogens is 260 g/mol. The number of aromatic carboxylic acids is 1. The number of hydrogen-bond acceptors (Lipinski definition) is 3. The summed E-state index contributed by atoms with van der Waals surface area (Å²) in [6.07, 6.45) is 3.34. The molecule has 0 saturated carbocycles. The van der Waals surface area contributed by atoms with Gasteiger partial charge in [0, 0.05) is 31.9 Å². The smallest absolute Gasteiger partial charge is 0.352 e. The normalized spacial score (nSPS) is 16.4. The van der Waals surface area contributed by atoms with Crippen molar-refractivity contribution in [3.8, 4) is 0 Å². The lowest BCUT2D eigenvalue weighted by Gasteiger charge is -2.33. The molecule has 0 spiro atoms. The van der Waals surface area contributed by atoms with E-state index in [2.05, 4.69) is 0 Å². The van der Waals surface area contributed by atoms with Gasteiger partial charge in [-0.2, -0.15) is 0 Å². The third-order valence-electron chi connectivity index (χ3n) is 3.64. The number of carboxylic acids is 1. The first kappa shape index (κ1) is 14.6. The monoisotopic (exact) mass is 280 g/mol. The van der Waals surface area contributed by atoms with E-state index in [4.69, 9.17) is 9.84 Å². The Labute approximate surface area is 117 Å². The summed E-state index contributed by atoms with van der Waals surface area (Å²) in [4.78, 5) is 24.7. The molecule has 1 saturated heterocycles. The van der Waals surface area contributed by atoms with Gasteiger partial charge in [-0.05, 0) is 31.9 Å². The van der Waals surface area contributed by atoms with Crippen LogP contribution < -0.4 is 0 Å². The van der Waals surface area contributed by atoms with Crippen LogP contribution in [0.2, 0.25) is 0 Å². The molecule has 0 bridgehead atoms. The van der Waals surface area contributed by atoms with E-state index in [-0.39, 0.29) is 18.6 Å². The fourth-order valence-electron chi connectivity index (χ4n) is 2.57. The van der Waals surface area contributed by atoms with Crippen molar-refractivity contribution < 1.29 is 19.4 Å². The van der Waals surface area contributed by atoms with Crippen LogP contribution in [0.1, 0.15) is 36.3 Å². The number of carbonyl (C=O) groups is 2. The zero-order valence-corrected chi connectivity index (χ0v) is 11.6. The third kappa shape index (κ3) is 3.19. The molecule has 1 amide bonds. The molecule has 1 aliphatic rings. The van der Waals surface area contributed by atoms with Gasteiger partial charge >= 0.3 is 5.97 Å². The lowest BCUT2D eigenvalue weighted by Crippen LogP contribution is -2.41. The second kappa shape index (κ2) is 6.56. The highest BCUT2D eigenvalue weighted by Gasteiger charge is 2.25. The molecule has 6 heteroatoms. The number of amides is 1. The van der Waals surface area contributed by atoms with Crippen molar-refractivity contribution in [2.45, 2.75) is 25.8 Å². The molecular formula is C14H20N2O4. The van der Waals surface area contributed by atoms with Crippen LogP contribution in [0.15, 0.2) is 18.3 Å². The minimum atomic E-state index is -0.912. The first-order chi connectivity index (χ1) is 9.63. The molecule has 1 N–H and O–H groups in total. The Morgan fingerprint density at radius 3 is 2.70 bits per heavy atom. The highest BCUT2D eigenvalue weighted by molar-refractivity contribution is 5.85. The zero-order chi connectivity index (χ0) is 14.5. The predicted octanol–water partition coefficient (Wildman–Crippen LogP) is 1.39. The molecule has 1 aromatic rings. The topological polar surface area (TPSA) is 71.8 Å². The van der Waals surface area contributed by atoms with E-state index in [9.17, 15) is 9.59 Å². The van der Waals surface area contributed by atoms with Gasteiger partial charge in [0.2, 0.25) is 5.91 Å². The average molecular weight is 280 g/mol. The Bertz CT molecular complexity index is 475. The van der Waals surface area contributed by atoms with Gasteiger partial charge in [-0.25, -0.2) is 4.79 Å². The second-order valence-corrected chi connectivity index (χ2v) is 4.85. The largest absolute Gasteiger partial charge is 0.477 e. The molecule has 1 aromatic heterocycles. The molecule has 2 rings (SSSR count). The van der Waals surface area contributed by atoms with Crippen molar-refractivity contribution in [3.63, 3.8) is 0 Å². The van der Waals surface area contributed by atoms with E-state index < -0.39 is 5.97 Å². The van der Waals surface area contributed by atoms with Crippen LogP contribution in [-0.2, 0) is 9.53 Å². The Kier molecular flexibility index (Phi) is 4.79. The number of nitrogens with zero attached hydrogens (tertiary/aromatic N) is 2. The van der Waals surface area contributed by atoms with E-state index in [0.29, 0.717) is 25.4 Å². The standard InChI is InChI=1S/C14H20N2O4/c1-2-20-10-13(17)15-8-5-11(6-9-15)16-7-3-4-12(16)14(18)19/h3-4,7,11H,2,5-6,8-10H2,1H3,(H,18,19). The molecule has 0 atom stereocenters. The molecule has 6 nitrogen and oxygen atoms in total. The Morgan fingerprint density at radius 1 is 1.40 bits per heavy atom. The molecule has 20 heavy (non-hydrogen) atoms. The van der Waals surface area contributed by atoms with Crippen molar-refractivity contribution in [1.82, 2.24) is 9.47 Å². The van der Waals surface area contributed by atoms with Crippen molar-refractivity contribution in [2.75, 3.05) is 26.3 Å². The number of hydrogen-bond donors (Lipinski definition) is 1. The molecule has 110 valence electrons. The number of carboxylic acid groups (broad SMARTS) is 1. The van der Waals surface area contributed by atoms with Crippen molar-refractivity contribution in [3.05, 3.63) is 24.0 Å². The number of likely N-dealkylation sites (tertiary alicyclic amines) is 1. The minimum Gasteiger partial charge on any atom is -0.477 e. The lowest BCUT2D eigenvalue weighted by molar-refractivity contribution is -0.137. The zero-order valence-electron chi connectivity index (χ0n) is 11.6. The highest BCUT2D eigenvalue weighted by Crippen LogP contribution is 2.24. The molecule has 0 aromatic carbocycles. The average Bonchev–Trinajstić information content (AvgIpc) is 2.94. The van der Waals surface area contributed by atoms with Crippen LogP contribution in [0, 0.1) is 0 Å². The number of rotatable bonds is 5. The van der Waals surface area contributed by atoms with Crippen LogP contribution in [0.25, 0.3) is 0 Å². The summed E-state index contributed by atoms with van der Waals surface area (Å²) in [5, 5.41) is 9.12. The SMILES string of the molecule is CCOCC(=O)N1CCC(n2cccc2C(=O)O)CC1. The van der Waals surface area contributed by atoms with Crippen LogP contribution in [0.4, 0.5) is 0 Å².